The zero-order valence-corrected chi connectivity index (χ0v) is 56.5. The fourth-order valence-corrected chi connectivity index (χ4v) is 15.7. The summed E-state index contributed by atoms with van der Waals surface area (Å²) in [5, 5.41) is 19.5. The Kier molecular flexibility index (Phi) is 14.8. The standard InChI is InChI=1S/C49H31N3.C49H34N2/c50-32-33-15-26-47-43(29-33)45-31-39(21-28-49(45)52(47)41-24-18-37(19-25-41)35-11-5-2-6-12-35)38-20-27-48-44(30-38)42-13-7-8-14-46(42)51(48)40-22-16-36(17-23-40)34-9-3-1-4-10-34;1-33-15-17-35(18-16-33)37-21-27-41(28-22-37)51-47-14-8-6-12-43(47)45-32-39(24-30-49(45)51)38-23-29-48-44(31-38)42-11-5-7-13-46(42)50(48)40-25-19-36(20-26-40)34-9-3-2-4-10-34/h1-31H;2-32H,1H3. The molecule has 0 atom stereocenters. The Morgan fingerprint density at radius 1 is 0.184 bits per heavy atom. The lowest BCUT2D eigenvalue weighted by Crippen LogP contribution is -1.94. The molecule has 0 spiro atoms. The van der Waals surface area contributed by atoms with Gasteiger partial charge in [0.15, 0.2) is 0 Å². The molecule has 5 heteroatoms. The van der Waals surface area contributed by atoms with Crippen molar-refractivity contribution in [1.82, 2.24) is 18.3 Å². The van der Waals surface area contributed by atoms with Crippen molar-refractivity contribution in [3.8, 4) is 95.6 Å². The van der Waals surface area contributed by atoms with Crippen molar-refractivity contribution >= 4 is 87.2 Å². The van der Waals surface area contributed by atoms with Gasteiger partial charge in [-0.25, -0.2) is 0 Å². The molecule has 0 saturated carbocycles. The third-order valence-electron chi connectivity index (χ3n) is 20.8. The maximum Gasteiger partial charge on any atom is 0.0991 e. The van der Waals surface area contributed by atoms with Crippen LogP contribution in [0, 0.1) is 18.3 Å². The SMILES string of the molecule is Cc1ccc(-c2ccc(-n3c4ccccc4c4cc(-c5ccc6c(c5)c5ccccc5n6-c5ccc(-c6ccccc6)cc5)ccc43)cc2)cc1.N#Cc1ccc2c(c1)c1cc(-c3ccc4c(c3)c3ccccc3n4-c3ccc(-c4ccccc4)cc3)ccc1n2-c1ccc(-c2ccccc2)cc1. The van der Waals surface area contributed by atoms with Gasteiger partial charge in [-0.2, -0.15) is 5.26 Å². The molecule has 0 aliphatic carbocycles. The lowest BCUT2D eigenvalue weighted by molar-refractivity contribution is 1.18. The quantitative estimate of drug-likeness (QED) is 0.135. The third-order valence-corrected chi connectivity index (χ3v) is 20.8. The first-order valence-corrected chi connectivity index (χ1v) is 35.2. The third kappa shape index (κ3) is 10.6. The van der Waals surface area contributed by atoms with E-state index in [0.29, 0.717) is 5.56 Å². The molecule has 0 N–H and O–H groups in total. The number of nitrogens with zero attached hydrogens (tertiary/aromatic N) is 5. The molecule has 482 valence electrons. The maximum absolute atomic E-state index is 9.84. The van der Waals surface area contributed by atoms with Crippen molar-refractivity contribution in [2.24, 2.45) is 0 Å². The molecule has 103 heavy (non-hydrogen) atoms. The van der Waals surface area contributed by atoms with Gasteiger partial charge >= 0.3 is 0 Å². The van der Waals surface area contributed by atoms with Gasteiger partial charge in [-0.05, 0) is 207 Å². The molecule has 20 rings (SSSR count). The van der Waals surface area contributed by atoms with Crippen LogP contribution in [0.25, 0.3) is 177 Å². The number of aromatic nitrogens is 4. The first-order valence-electron chi connectivity index (χ1n) is 35.2. The summed E-state index contributed by atoms with van der Waals surface area (Å²) in [6.45, 7) is 2.13. The van der Waals surface area contributed by atoms with E-state index in [1.54, 1.807) is 0 Å². The monoisotopic (exact) mass is 1310 g/mol. The topological polar surface area (TPSA) is 43.5 Å². The summed E-state index contributed by atoms with van der Waals surface area (Å²) in [5.41, 5.74) is 30.3. The van der Waals surface area contributed by atoms with Crippen LogP contribution < -0.4 is 0 Å². The summed E-state index contributed by atoms with van der Waals surface area (Å²) < 4.78 is 9.47. The first-order chi connectivity index (χ1) is 50.9. The highest BCUT2D eigenvalue weighted by atomic mass is 15.0. The maximum atomic E-state index is 9.84. The van der Waals surface area contributed by atoms with E-state index in [4.69, 9.17) is 0 Å². The van der Waals surface area contributed by atoms with Crippen molar-refractivity contribution in [1.29, 1.82) is 5.26 Å². The van der Waals surface area contributed by atoms with Gasteiger partial charge < -0.3 is 18.3 Å². The van der Waals surface area contributed by atoms with Gasteiger partial charge in [0.25, 0.3) is 0 Å². The second-order valence-corrected chi connectivity index (χ2v) is 26.8. The second-order valence-electron chi connectivity index (χ2n) is 26.8. The Balaban J connectivity index is 0.000000142. The number of nitriles is 1. The minimum Gasteiger partial charge on any atom is -0.309 e. The van der Waals surface area contributed by atoms with Crippen molar-refractivity contribution in [2.75, 3.05) is 0 Å². The summed E-state index contributed by atoms with van der Waals surface area (Å²) >= 11 is 0. The molecule has 0 fully saturated rings. The number of rotatable bonds is 10. The molecule has 0 amide bonds. The molecule has 0 bridgehead atoms. The lowest BCUT2D eigenvalue weighted by Gasteiger charge is -2.11. The molecule has 0 aliphatic heterocycles. The zero-order chi connectivity index (χ0) is 68.5. The fraction of sp³-hybridized carbons (Fsp3) is 0.0102. The summed E-state index contributed by atoms with van der Waals surface area (Å²) in [6.07, 6.45) is 0. The molecule has 0 saturated heterocycles. The highest BCUT2D eigenvalue weighted by Gasteiger charge is 2.20. The largest absolute Gasteiger partial charge is 0.309 e. The van der Waals surface area contributed by atoms with E-state index in [9.17, 15) is 5.26 Å². The fourth-order valence-electron chi connectivity index (χ4n) is 15.7. The van der Waals surface area contributed by atoms with Crippen molar-refractivity contribution < 1.29 is 0 Å². The first kappa shape index (κ1) is 60.4. The van der Waals surface area contributed by atoms with Crippen LogP contribution in [0.3, 0.4) is 0 Å². The molecular formula is C98H65N5. The molecule has 0 unspecified atom stereocenters. The molecule has 5 nitrogen and oxygen atoms in total. The molecule has 0 aliphatic rings. The molecule has 0 radical (unpaired) electrons. The number of hydrogen-bond acceptors (Lipinski definition) is 1. The van der Waals surface area contributed by atoms with Crippen molar-refractivity contribution in [3.05, 3.63) is 387 Å². The predicted molar refractivity (Wildman–Crippen MR) is 432 cm³/mol. The summed E-state index contributed by atoms with van der Waals surface area (Å²) in [6, 6.07) is 138. The van der Waals surface area contributed by atoms with Gasteiger partial charge in [0, 0.05) is 65.8 Å². The van der Waals surface area contributed by atoms with E-state index in [-0.39, 0.29) is 0 Å². The molecule has 4 aromatic heterocycles. The van der Waals surface area contributed by atoms with Crippen LogP contribution in [0.2, 0.25) is 0 Å². The van der Waals surface area contributed by atoms with Crippen LogP contribution in [0.1, 0.15) is 11.1 Å². The number of aryl methyl sites for hydroxylation is 1. The zero-order valence-electron chi connectivity index (χ0n) is 56.5. The molecular weight excluding hydrogens is 1250 g/mol. The van der Waals surface area contributed by atoms with E-state index < -0.39 is 0 Å². The number of fused-ring (bicyclic) bond motifs is 12. The summed E-state index contributed by atoms with van der Waals surface area (Å²) in [7, 11) is 0. The van der Waals surface area contributed by atoms with E-state index in [0.717, 1.165) is 55.7 Å². The minimum absolute atomic E-state index is 0.655. The van der Waals surface area contributed by atoms with Crippen LogP contribution in [-0.4, -0.2) is 18.3 Å². The number of benzene rings is 16. The Bertz CT molecular complexity index is 6670. The average molecular weight is 1310 g/mol. The van der Waals surface area contributed by atoms with E-state index in [2.05, 4.69) is 389 Å². The number of hydrogen-bond donors (Lipinski definition) is 0. The minimum atomic E-state index is 0.655. The summed E-state index contributed by atoms with van der Waals surface area (Å²) in [5.74, 6) is 0. The van der Waals surface area contributed by atoms with Crippen molar-refractivity contribution in [3.63, 3.8) is 0 Å². The Hall–Kier alpha value is -13.8. The normalized spacial score (nSPS) is 11.5. The van der Waals surface area contributed by atoms with Gasteiger partial charge in [0.2, 0.25) is 0 Å². The highest BCUT2D eigenvalue weighted by Crippen LogP contribution is 2.42. The summed E-state index contributed by atoms with van der Waals surface area (Å²) in [4.78, 5) is 0. The van der Waals surface area contributed by atoms with Crippen LogP contribution in [0.4, 0.5) is 0 Å². The van der Waals surface area contributed by atoms with Gasteiger partial charge in [0.1, 0.15) is 0 Å². The van der Waals surface area contributed by atoms with Gasteiger partial charge in [-0.3, -0.25) is 0 Å². The Morgan fingerprint density at radius 2 is 0.398 bits per heavy atom. The number of para-hydroxylation sites is 3. The van der Waals surface area contributed by atoms with Crippen LogP contribution in [0.5, 0.6) is 0 Å². The average Bonchev–Trinajstić information content (AvgIpc) is 1.60. The highest BCUT2D eigenvalue weighted by molar-refractivity contribution is 6.15. The smallest absolute Gasteiger partial charge is 0.0991 e. The van der Waals surface area contributed by atoms with Crippen LogP contribution in [0.15, 0.2) is 376 Å². The van der Waals surface area contributed by atoms with Gasteiger partial charge in [-0.15, -0.1) is 0 Å². The molecule has 4 heterocycles. The van der Waals surface area contributed by atoms with E-state index >= 15 is 0 Å². The van der Waals surface area contributed by atoms with Gasteiger partial charge in [-0.1, -0.05) is 248 Å². The molecule has 16 aromatic carbocycles. The van der Waals surface area contributed by atoms with Gasteiger partial charge in [0.05, 0.1) is 55.8 Å². The lowest BCUT2D eigenvalue weighted by atomic mass is 10.00. The van der Waals surface area contributed by atoms with Crippen LogP contribution in [-0.2, 0) is 0 Å². The second kappa shape index (κ2) is 25.2. The van der Waals surface area contributed by atoms with E-state index in [1.165, 1.54) is 127 Å². The van der Waals surface area contributed by atoms with Crippen LogP contribution >= 0.6 is 0 Å². The predicted octanol–water partition coefficient (Wildman–Crippen LogP) is 25.9. The van der Waals surface area contributed by atoms with E-state index in [1.807, 2.05) is 18.2 Å². The Labute approximate surface area is 596 Å². The Morgan fingerprint density at radius 3 is 0.689 bits per heavy atom. The van der Waals surface area contributed by atoms with Crippen molar-refractivity contribution in [2.45, 2.75) is 6.92 Å². The molecule has 20 aromatic rings.